The number of aryl methyl sites for hydroxylation is 1. The van der Waals surface area contributed by atoms with Crippen LogP contribution in [0.4, 0.5) is 0 Å². The molecule has 0 atom stereocenters. The highest BCUT2D eigenvalue weighted by Crippen LogP contribution is 2.53. The minimum atomic E-state index is -1.99. The van der Waals surface area contributed by atoms with Crippen LogP contribution in [0.2, 0.25) is 0 Å². The van der Waals surface area contributed by atoms with Gasteiger partial charge in [-0.2, -0.15) is 0 Å². The third kappa shape index (κ3) is 2.85. The number of nitrogens with zero attached hydrogens (tertiary/aromatic N) is 1. The third-order valence-corrected chi connectivity index (χ3v) is 8.97. The standard InChI is InChI=1S/C24H21NP/c1-20-17-18-24(19-25-20)26(21-11-5-2-6-12-21,22-13-7-3-8-14-22)23-15-9-4-10-16-23/h2-19H,1H3/q+1. The summed E-state index contributed by atoms with van der Waals surface area (Å²) in [6.07, 6.45) is 2.07. The number of rotatable bonds is 4. The van der Waals surface area contributed by atoms with Gasteiger partial charge in [-0.05, 0) is 55.5 Å². The van der Waals surface area contributed by atoms with Crippen LogP contribution in [0.15, 0.2) is 109 Å². The van der Waals surface area contributed by atoms with Gasteiger partial charge in [0.25, 0.3) is 0 Å². The Balaban J connectivity index is 2.12. The molecule has 0 radical (unpaired) electrons. The summed E-state index contributed by atoms with van der Waals surface area (Å²) in [5.41, 5.74) is 1.04. The smallest absolute Gasteiger partial charge is 0.145 e. The van der Waals surface area contributed by atoms with Crippen LogP contribution in [0.1, 0.15) is 5.69 Å². The van der Waals surface area contributed by atoms with Gasteiger partial charge < -0.3 is 0 Å². The topological polar surface area (TPSA) is 12.9 Å². The number of aromatic nitrogens is 1. The van der Waals surface area contributed by atoms with E-state index in [1.54, 1.807) is 0 Å². The van der Waals surface area contributed by atoms with Crippen LogP contribution >= 0.6 is 7.26 Å². The van der Waals surface area contributed by atoms with E-state index in [0.717, 1.165) is 5.69 Å². The van der Waals surface area contributed by atoms with Gasteiger partial charge in [0.15, 0.2) is 0 Å². The first-order valence-corrected chi connectivity index (χ1v) is 10.6. The lowest BCUT2D eigenvalue weighted by molar-refractivity contribution is 1.21. The minimum Gasteiger partial charge on any atom is -0.257 e. The summed E-state index contributed by atoms with van der Waals surface area (Å²) in [5.74, 6) is 0. The van der Waals surface area contributed by atoms with Crippen molar-refractivity contribution in [3.05, 3.63) is 115 Å². The summed E-state index contributed by atoms with van der Waals surface area (Å²) >= 11 is 0. The van der Waals surface area contributed by atoms with Crippen LogP contribution in [0.5, 0.6) is 0 Å². The molecule has 126 valence electrons. The molecule has 1 aromatic heterocycles. The predicted molar refractivity (Wildman–Crippen MR) is 114 cm³/mol. The molecule has 1 heterocycles. The van der Waals surface area contributed by atoms with Crippen molar-refractivity contribution in [1.82, 2.24) is 4.98 Å². The molecule has 4 aromatic rings. The molecule has 0 fully saturated rings. The van der Waals surface area contributed by atoms with Crippen molar-refractivity contribution in [1.29, 1.82) is 0 Å². The van der Waals surface area contributed by atoms with E-state index in [1.165, 1.54) is 21.2 Å². The molecule has 26 heavy (non-hydrogen) atoms. The van der Waals surface area contributed by atoms with E-state index >= 15 is 0 Å². The summed E-state index contributed by atoms with van der Waals surface area (Å²) in [6.45, 7) is 2.04. The molecule has 0 saturated carbocycles. The maximum absolute atomic E-state index is 4.65. The maximum Gasteiger partial charge on any atom is 0.145 e. The third-order valence-electron chi connectivity index (χ3n) is 4.71. The zero-order valence-electron chi connectivity index (χ0n) is 14.8. The summed E-state index contributed by atoms with van der Waals surface area (Å²) < 4.78 is 0. The first-order valence-electron chi connectivity index (χ1n) is 8.81. The fourth-order valence-corrected chi connectivity index (χ4v) is 7.68. The van der Waals surface area contributed by atoms with Gasteiger partial charge in [0.05, 0.1) is 6.20 Å². The molecule has 0 N–H and O–H groups in total. The van der Waals surface area contributed by atoms with Gasteiger partial charge in [0, 0.05) is 5.69 Å². The Kier molecular flexibility index (Phi) is 4.65. The number of benzene rings is 3. The highest BCUT2D eigenvalue weighted by molar-refractivity contribution is 8.01. The lowest BCUT2D eigenvalue weighted by Gasteiger charge is -2.27. The van der Waals surface area contributed by atoms with Crippen LogP contribution in [0, 0.1) is 6.92 Å². The van der Waals surface area contributed by atoms with Gasteiger partial charge in [-0.25, -0.2) is 0 Å². The normalized spacial score (nSPS) is 11.3. The molecule has 0 unspecified atom stereocenters. The fraction of sp³-hybridized carbons (Fsp3) is 0.0417. The van der Waals surface area contributed by atoms with Crippen molar-refractivity contribution in [3.8, 4) is 0 Å². The Morgan fingerprint density at radius 2 is 0.923 bits per heavy atom. The highest BCUT2D eigenvalue weighted by atomic mass is 31.2. The average molecular weight is 354 g/mol. The van der Waals surface area contributed by atoms with E-state index in [4.69, 9.17) is 0 Å². The predicted octanol–water partition coefficient (Wildman–Crippen LogP) is 4.01. The van der Waals surface area contributed by atoms with Crippen molar-refractivity contribution in [2.75, 3.05) is 0 Å². The first-order chi connectivity index (χ1) is 12.8. The average Bonchev–Trinajstić information content (AvgIpc) is 2.72. The highest BCUT2D eigenvalue weighted by Gasteiger charge is 2.47. The Hall–Kier alpha value is -2.76. The van der Waals surface area contributed by atoms with E-state index in [9.17, 15) is 0 Å². The molecule has 0 saturated heterocycles. The summed E-state index contributed by atoms with van der Waals surface area (Å²) in [5, 5.41) is 5.33. The molecule has 3 aromatic carbocycles. The molecule has 0 aliphatic carbocycles. The Morgan fingerprint density at radius 3 is 1.27 bits per heavy atom. The Bertz CT molecular complexity index is 868. The zero-order chi connectivity index (χ0) is 17.8. The van der Waals surface area contributed by atoms with E-state index in [1.807, 2.05) is 6.92 Å². The molecular formula is C24H21NP+. The Labute approximate surface area is 155 Å². The van der Waals surface area contributed by atoms with Gasteiger partial charge in [-0.15, -0.1) is 0 Å². The van der Waals surface area contributed by atoms with Gasteiger partial charge in [0.1, 0.15) is 28.5 Å². The summed E-state index contributed by atoms with van der Waals surface area (Å²) in [4.78, 5) is 4.65. The second-order valence-corrected chi connectivity index (χ2v) is 9.74. The molecule has 0 amide bonds. The van der Waals surface area contributed by atoms with Crippen LogP contribution in [-0.4, -0.2) is 4.98 Å². The van der Waals surface area contributed by atoms with Crippen molar-refractivity contribution in [2.45, 2.75) is 6.92 Å². The fourth-order valence-electron chi connectivity index (χ4n) is 3.51. The van der Waals surface area contributed by atoms with E-state index in [-0.39, 0.29) is 0 Å². The van der Waals surface area contributed by atoms with Crippen molar-refractivity contribution >= 4 is 28.5 Å². The van der Waals surface area contributed by atoms with Crippen molar-refractivity contribution in [3.63, 3.8) is 0 Å². The van der Waals surface area contributed by atoms with Gasteiger partial charge in [-0.1, -0.05) is 54.6 Å². The quantitative estimate of drug-likeness (QED) is 0.505. The van der Waals surface area contributed by atoms with Crippen LogP contribution < -0.4 is 21.2 Å². The lowest BCUT2D eigenvalue weighted by Crippen LogP contribution is -2.38. The zero-order valence-corrected chi connectivity index (χ0v) is 15.7. The lowest BCUT2D eigenvalue weighted by atomic mass is 10.3. The molecule has 0 aliphatic heterocycles. The maximum atomic E-state index is 4.65. The van der Waals surface area contributed by atoms with Crippen molar-refractivity contribution in [2.24, 2.45) is 0 Å². The summed E-state index contributed by atoms with van der Waals surface area (Å²) in [7, 11) is -1.99. The molecule has 0 aliphatic rings. The van der Waals surface area contributed by atoms with Crippen LogP contribution in [0.3, 0.4) is 0 Å². The number of hydrogen-bond donors (Lipinski definition) is 0. The van der Waals surface area contributed by atoms with Crippen LogP contribution in [-0.2, 0) is 0 Å². The SMILES string of the molecule is Cc1ccc([P+](c2ccccc2)(c2ccccc2)c2ccccc2)cn1. The molecule has 2 heteroatoms. The first kappa shape index (κ1) is 16.7. The van der Waals surface area contributed by atoms with Gasteiger partial charge in [-0.3, -0.25) is 4.98 Å². The summed E-state index contributed by atoms with van der Waals surface area (Å²) in [6, 6.07) is 37.0. The van der Waals surface area contributed by atoms with Crippen LogP contribution in [0.25, 0.3) is 0 Å². The van der Waals surface area contributed by atoms with E-state index in [2.05, 4.69) is 114 Å². The Morgan fingerprint density at radius 1 is 0.500 bits per heavy atom. The molecule has 0 bridgehead atoms. The van der Waals surface area contributed by atoms with E-state index in [0.29, 0.717) is 0 Å². The molecular weight excluding hydrogens is 333 g/mol. The molecule has 4 rings (SSSR count). The monoisotopic (exact) mass is 354 g/mol. The second kappa shape index (κ2) is 7.23. The minimum absolute atomic E-state index is 1.04. The van der Waals surface area contributed by atoms with Gasteiger partial charge >= 0.3 is 0 Å². The molecule has 0 spiro atoms. The largest absolute Gasteiger partial charge is 0.257 e. The van der Waals surface area contributed by atoms with Crippen molar-refractivity contribution < 1.29 is 0 Å². The second-order valence-electron chi connectivity index (χ2n) is 6.34. The number of pyridine rings is 1. The molecule has 1 nitrogen and oxygen atoms in total. The number of hydrogen-bond acceptors (Lipinski definition) is 1. The van der Waals surface area contributed by atoms with E-state index < -0.39 is 7.26 Å². The van der Waals surface area contributed by atoms with Gasteiger partial charge in [0.2, 0.25) is 0 Å².